The Morgan fingerprint density at radius 2 is 1.74 bits per heavy atom. The van der Waals surface area contributed by atoms with Gasteiger partial charge < -0.3 is 5.73 Å². The predicted octanol–water partition coefficient (Wildman–Crippen LogP) is 1.44. The lowest BCUT2D eigenvalue weighted by Gasteiger charge is -2.21. The normalized spacial score (nSPS) is 17.3. The van der Waals surface area contributed by atoms with Crippen molar-refractivity contribution in [1.29, 1.82) is 0 Å². The van der Waals surface area contributed by atoms with E-state index in [0.717, 1.165) is 22.2 Å². The molecule has 7 heteroatoms. The van der Waals surface area contributed by atoms with Crippen molar-refractivity contribution >= 4 is 22.8 Å². The molecule has 1 aliphatic rings. The van der Waals surface area contributed by atoms with E-state index in [9.17, 15) is 14.4 Å². The molecule has 0 bridgehead atoms. The van der Waals surface area contributed by atoms with Gasteiger partial charge in [0.25, 0.3) is 0 Å². The van der Waals surface area contributed by atoms with Crippen molar-refractivity contribution in [2.75, 3.05) is 0 Å². The van der Waals surface area contributed by atoms with E-state index in [1.54, 1.807) is 7.05 Å². The molecule has 1 saturated heterocycles. The zero-order valence-electron chi connectivity index (χ0n) is 14.9. The number of nitrogens with zero attached hydrogens (tertiary/aromatic N) is 2. The molecule has 0 radical (unpaired) electrons. The first-order valence-corrected chi connectivity index (χ1v) is 8.83. The van der Waals surface area contributed by atoms with Crippen LogP contribution < -0.4 is 16.7 Å². The van der Waals surface area contributed by atoms with Gasteiger partial charge in [-0.15, -0.1) is 0 Å². The fourth-order valence-corrected chi connectivity index (χ4v) is 3.61. The molecule has 27 heavy (non-hydrogen) atoms. The molecule has 1 fully saturated rings. The topological polar surface area (TPSA) is 99.1 Å². The van der Waals surface area contributed by atoms with Gasteiger partial charge in [-0.2, -0.15) is 0 Å². The Bertz CT molecular complexity index is 1110. The SMILES string of the molecule is Cn1c(=O)n(C2CCC(=O)NC2=O)c2ccc(-c3ccc(CN)cc3)cc21. The number of aryl methyl sites for hydroxylation is 1. The maximum atomic E-state index is 12.8. The lowest BCUT2D eigenvalue weighted by Crippen LogP contribution is -2.44. The number of piperidine rings is 1. The highest BCUT2D eigenvalue weighted by molar-refractivity contribution is 6.00. The average molecular weight is 364 g/mol. The van der Waals surface area contributed by atoms with Gasteiger partial charge in [0, 0.05) is 20.0 Å². The van der Waals surface area contributed by atoms with Crippen molar-refractivity contribution in [2.24, 2.45) is 12.8 Å². The van der Waals surface area contributed by atoms with Crippen LogP contribution in [0.25, 0.3) is 22.2 Å². The maximum absolute atomic E-state index is 12.8. The van der Waals surface area contributed by atoms with Gasteiger partial charge in [0.1, 0.15) is 6.04 Å². The Hall–Kier alpha value is -3.19. The van der Waals surface area contributed by atoms with Crippen LogP contribution in [0.3, 0.4) is 0 Å². The highest BCUT2D eigenvalue weighted by Gasteiger charge is 2.31. The van der Waals surface area contributed by atoms with Gasteiger partial charge >= 0.3 is 5.69 Å². The third kappa shape index (κ3) is 2.86. The molecule has 0 aliphatic carbocycles. The number of imide groups is 1. The van der Waals surface area contributed by atoms with Crippen molar-refractivity contribution in [3.8, 4) is 11.1 Å². The fourth-order valence-electron chi connectivity index (χ4n) is 3.61. The smallest absolute Gasteiger partial charge is 0.326 e. The quantitative estimate of drug-likeness (QED) is 0.687. The number of amides is 2. The minimum Gasteiger partial charge on any atom is -0.326 e. The number of benzene rings is 2. The standard InChI is InChI=1S/C20H20N4O3/c1-23-17-10-14(13-4-2-12(11-21)3-5-13)6-7-15(17)24(20(23)27)16-8-9-18(25)22-19(16)26/h2-7,10,16H,8-9,11,21H2,1H3,(H,22,25,26). The Morgan fingerprint density at radius 1 is 1.04 bits per heavy atom. The Morgan fingerprint density at radius 3 is 2.41 bits per heavy atom. The zero-order valence-corrected chi connectivity index (χ0v) is 14.9. The molecule has 4 rings (SSSR count). The van der Waals surface area contributed by atoms with Gasteiger partial charge in [-0.1, -0.05) is 30.3 Å². The lowest BCUT2D eigenvalue weighted by atomic mass is 10.0. The second-order valence-electron chi connectivity index (χ2n) is 6.78. The molecule has 1 aromatic heterocycles. The summed E-state index contributed by atoms with van der Waals surface area (Å²) in [6.07, 6.45) is 0.552. The molecule has 2 aromatic carbocycles. The number of nitrogens with one attached hydrogen (secondary N) is 1. The largest absolute Gasteiger partial charge is 0.329 e. The molecule has 2 heterocycles. The van der Waals surface area contributed by atoms with Gasteiger partial charge in [-0.05, 0) is 35.2 Å². The van der Waals surface area contributed by atoms with Gasteiger partial charge in [0.2, 0.25) is 11.8 Å². The van der Waals surface area contributed by atoms with Crippen LogP contribution in [0.5, 0.6) is 0 Å². The highest BCUT2D eigenvalue weighted by Crippen LogP contribution is 2.27. The third-order valence-electron chi connectivity index (χ3n) is 5.13. The molecule has 2 amide bonds. The fraction of sp³-hybridized carbons (Fsp3) is 0.250. The summed E-state index contributed by atoms with van der Waals surface area (Å²) in [6, 6.07) is 13.0. The Kier molecular flexibility index (Phi) is 4.16. The van der Waals surface area contributed by atoms with Crippen molar-refractivity contribution < 1.29 is 9.59 Å². The number of nitrogens with two attached hydrogens (primary N) is 1. The number of rotatable bonds is 3. The minimum absolute atomic E-state index is 0.227. The second kappa shape index (κ2) is 6.51. The molecule has 0 saturated carbocycles. The summed E-state index contributed by atoms with van der Waals surface area (Å²) in [7, 11) is 1.69. The summed E-state index contributed by atoms with van der Waals surface area (Å²) >= 11 is 0. The van der Waals surface area contributed by atoms with Gasteiger partial charge in [-0.3, -0.25) is 24.0 Å². The van der Waals surface area contributed by atoms with Crippen LogP contribution in [0, 0.1) is 0 Å². The Labute approximate surface area is 155 Å². The summed E-state index contributed by atoms with van der Waals surface area (Å²) in [4.78, 5) is 36.5. The van der Waals surface area contributed by atoms with E-state index < -0.39 is 11.9 Å². The van der Waals surface area contributed by atoms with Crippen molar-refractivity contribution in [3.63, 3.8) is 0 Å². The monoisotopic (exact) mass is 364 g/mol. The van der Waals surface area contributed by atoms with Crippen LogP contribution in [-0.4, -0.2) is 20.9 Å². The average Bonchev–Trinajstić information content (AvgIpc) is 2.92. The van der Waals surface area contributed by atoms with E-state index in [-0.39, 0.29) is 18.0 Å². The van der Waals surface area contributed by atoms with Gasteiger partial charge in [-0.25, -0.2) is 4.79 Å². The van der Waals surface area contributed by atoms with E-state index >= 15 is 0 Å². The van der Waals surface area contributed by atoms with Crippen LogP contribution in [0.4, 0.5) is 0 Å². The number of carbonyl (C=O) groups excluding carboxylic acids is 2. The molecular formula is C20H20N4O3. The van der Waals surface area contributed by atoms with Gasteiger partial charge in [0.15, 0.2) is 0 Å². The summed E-state index contributed by atoms with van der Waals surface area (Å²) < 4.78 is 3.02. The van der Waals surface area contributed by atoms with E-state index in [1.807, 2.05) is 42.5 Å². The summed E-state index contributed by atoms with van der Waals surface area (Å²) in [5, 5.41) is 2.32. The molecule has 1 atom stereocenters. The predicted molar refractivity (Wildman–Crippen MR) is 102 cm³/mol. The van der Waals surface area contributed by atoms with E-state index in [1.165, 1.54) is 9.13 Å². The number of carbonyl (C=O) groups is 2. The molecule has 3 N–H and O–H groups in total. The Balaban J connectivity index is 1.81. The van der Waals surface area contributed by atoms with Crippen molar-refractivity contribution in [2.45, 2.75) is 25.4 Å². The first-order valence-electron chi connectivity index (χ1n) is 8.83. The molecular weight excluding hydrogens is 344 g/mol. The molecule has 3 aromatic rings. The lowest BCUT2D eigenvalue weighted by molar-refractivity contribution is -0.135. The summed E-state index contributed by atoms with van der Waals surface area (Å²) in [6.45, 7) is 0.489. The van der Waals surface area contributed by atoms with Crippen LogP contribution in [0.2, 0.25) is 0 Å². The number of imidazole rings is 1. The van der Waals surface area contributed by atoms with Crippen molar-refractivity contribution in [3.05, 3.63) is 58.5 Å². The third-order valence-corrected chi connectivity index (χ3v) is 5.13. The summed E-state index contributed by atoms with van der Waals surface area (Å²) in [5.74, 6) is -0.727. The van der Waals surface area contributed by atoms with E-state index in [4.69, 9.17) is 5.73 Å². The van der Waals surface area contributed by atoms with Crippen LogP contribution in [0.15, 0.2) is 47.3 Å². The number of hydrogen-bond donors (Lipinski definition) is 2. The zero-order chi connectivity index (χ0) is 19.1. The van der Waals surface area contributed by atoms with E-state index in [2.05, 4.69) is 5.32 Å². The molecule has 7 nitrogen and oxygen atoms in total. The number of fused-ring (bicyclic) bond motifs is 1. The number of aromatic nitrogens is 2. The van der Waals surface area contributed by atoms with E-state index in [0.29, 0.717) is 18.5 Å². The first-order chi connectivity index (χ1) is 13.0. The summed E-state index contributed by atoms with van der Waals surface area (Å²) in [5.41, 5.74) is 9.85. The van der Waals surface area contributed by atoms with Crippen LogP contribution >= 0.6 is 0 Å². The minimum atomic E-state index is -0.673. The van der Waals surface area contributed by atoms with Gasteiger partial charge in [0.05, 0.1) is 11.0 Å². The maximum Gasteiger partial charge on any atom is 0.329 e. The highest BCUT2D eigenvalue weighted by atomic mass is 16.2. The molecule has 1 unspecified atom stereocenters. The van der Waals surface area contributed by atoms with Crippen LogP contribution in [0.1, 0.15) is 24.4 Å². The molecule has 138 valence electrons. The number of hydrogen-bond acceptors (Lipinski definition) is 4. The van der Waals surface area contributed by atoms with Crippen molar-refractivity contribution in [1.82, 2.24) is 14.5 Å². The molecule has 1 aliphatic heterocycles. The first kappa shape index (κ1) is 17.2. The molecule has 0 spiro atoms. The second-order valence-corrected chi connectivity index (χ2v) is 6.78. The van der Waals surface area contributed by atoms with Crippen LogP contribution in [-0.2, 0) is 23.2 Å².